The number of Topliss-reactive ketones (excluding diaryl/α,β-unsaturated/α-hetero) is 1. The van der Waals surface area contributed by atoms with Crippen LogP contribution in [0.15, 0.2) is 18.2 Å². The number of aryl methyl sites for hydroxylation is 2. The van der Waals surface area contributed by atoms with Crippen LogP contribution in [0.3, 0.4) is 0 Å². The van der Waals surface area contributed by atoms with Crippen LogP contribution < -0.4 is 0 Å². The third-order valence-corrected chi connectivity index (χ3v) is 2.90. The van der Waals surface area contributed by atoms with Crippen LogP contribution in [-0.2, 0) is 6.42 Å². The molecule has 68 valence electrons. The van der Waals surface area contributed by atoms with Crippen LogP contribution in [0.5, 0.6) is 0 Å². The molecule has 2 rings (SSSR count). The Morgan fingerprint density at radius 2 is 2.15 bits per heavy atom. The highest BCUT2D eigenvalue weighted by molar-refractivity contribution is 6.01. The van der Waals surface area contributed by atoms with Crippen molar-refractivity contribution in [1.82, 2.24) is 0 Å². The fourth-order valence-electron chi connectivity index (χ4n) is 2.04. The van der Waals surface area contributed by atoms with Gasteiger partial charge in [-0.2, -0.15) is 0 Å². The number of carbonyl (C=O) groups is 1. The standard InChI is InChI=1S/C12H14O/c1-8-4-3-5-10-7-6-9(2)12(13)11(8)10/h3-5,9H,6-7H2,1-2H3/t9-/m0/s1. The molecular weight excluding hydrogens is 160 g/mol. The first-order chi connectivity index (χ1) is 6.20. The van der Waals surface area contributed by atoms with Crippen molar-refractivity contribution in [1.29, 1.82) is 0 Å². The molecule has 1 aromatic carbocycles. The highest BCUT2D eigenvalue weighted by atomic mass is 16.1. The molecule has 0 radical (unpaired) electrons. The molecule has 0 N–H and O–H groups in total. The van der Waals surface area contributed by atoms with Gasteiger partial charge in [0.1, 0.15) is 0 Å². The lowest BCUT2D eigenvalue weighted by Gasteiger charge is -2.21. The van der Waals surface area contributed by atoms with Crippen molar-refractivity contribution in [3.63, 3.8) is 0 Å². The highest BCUT2D eigenvalue weighted by Gasteiger charge is 2.24. The maximum Gasteiger partial charge on any atom is 0.166 e. The SMILES string of the molecule is Cc1cccc2c1C(=O)[C@@H](C)CC2. The van der Waals surface area contributed by atoms with E-state index >= 15 is 0 Å². The molecule has 1 aliphatic carbocycles. The number of carbonyl (C=O) groups excluding carboxylic acids is 1. The van der Waals surface area contributed by atoms with Crippen molar-refractivity contribution in [2.75, 3.05) is 0 Å². The third-order valence-electron chi connectivity index (χ3n) is 2.90. The van der Waals surface area contributed by atoms with Crippen LogP contribution in [0.25, 0.3) is 0 Å². The Labute approximate surface area is 78.8 Å². The Bertz CT molecular complexity index is 352. The maximum absolute atomic E-state index is 11.8. The maximum atomic E-state index is 11.8. The van der Waals surface area contributed by atoms with Gasteiger partial charge < -0.3 is 0 Å². The van der Waals surface area contributed by atoms with E-state index in [0.717, 1.165) is 24.0 Å². The summed E-state index contributed by atoms with van der Waals surface area (Å²) in [5, 5.41) is 0. The fraction of sp³-hybridized carbons (Fsp3) is 0.417. The van der Waals surface area contributed by atoms with Gasteiger partial charge in [-0.25, -0.2) is 0 Å². The lowest BCUT2D eigenvalue weighted by Crippen LogP contribution is -2.21. The quantitative estimate of drug-likeness (QED) is 0.591. The molecule has 1 nitrogen and oxygen atoms in total. The lowest BCUT2D eigenvalue weighted by atomic mass is 9.82. The summed E-state index contributed by atoms with van der Waals surface area (Å²) in [6.07, 6.45) is 2.07. The van der Waals surface area contributed by atoms with Crippen LogP contribution in [0, 0.1) is 12.8 Å². The van der Waals surface area contributed by atoms with Gasteiger partial charge in [0.05, 0.1) is 0 Å². The topological polar surface area (TPSA) is 17.1 Å². The number of benzene rings is 1. The van der Waals surface area contributed by atoms with E-state index in [2.05, 4.69) is 6.07 Å². The molecule has 13 heavy (non-hydrogen) atoms. The van der Waals surface area contributed by atoms with E-state index in [4.69, 9.17) is 0 Å². The molecule has 0 unspecified atom stereocenters. The Kier molecular flexibility index (Phi) is 1.95. The number of ketones is 1. The molecule has 0 saturated heterocycles. The Morgan fingerprint density at radius 1 is 1.38 bits per heavy atom. The van der Waals surface area contributed by atoms with Crippen LogP contribution in [0.4, 0.5) is 0 Å². The van der Waals surface area contributed by atoms with Crippen molar-refractivity contribution in [2.45, 2.75) is 26.7 Å². The van der Waals surface area contributed by atoms with E-state index in [-0.39, 0.29) is 5.92 Å². The minimum Gasteiger partial charge on any atom is -0.294 e. The first kappa shape index (κ1) is 8.49. The zero-order valence-electron chi connectivity index (χ0n) is 8.13. The Morgan fingerprint density at radius 3 is 2.92 bits per heavy atom. The van der Waals surface area contributed by atoms with Gasteiger partial charge in [-0.05, 0) is 30.9 Å². The van der Waals surface area contributed by atoms with Gasteiger partial charge in [-0.15, -0.1) is 0 Å². The predicted molar refractivity (Wildman–Crippen MR) is 53.0 cm³/mol. The predicted octanol–water partition coefficient (Wildman–Crippen LogP) is 2.76. The molecule has 0 aliphatic heterocycles. The minimum absolute atomic E-state index is 0.216. The first-order valence-electron chi connectivity index (χ1n) is 4.83. The van der Waals surface area contributed by atoms with E-state index < -0.39 is 0 Å². The van der Waals surface area contributed by atoms with Gasteiger partial charge in [0.2, 0.25) is 0 Å². The van der Waals surface area contributed by atoms with Crippen LogP contribution in [0.1, 0.15) is 34.8 Å². The number of hydrogen-bond acceptors (Lipinski definition) is 1. The third kappa shape index (κ3) is 1.28. The van der Waals surface area contributed by atoms with Crippen LogP contribution >= 0.6 is 0 Å². The van der Waals surface area contributed by atoms with Gasteiger partial charge in [0.25, 0.3) is 0 Å². The average Bonchev–Trinajstić information content (AvgIpc) is 2.12. The molecule has 1 aliphatic rings. The minimum atomic E-state index is 0.216. The zero-order valence-corrected chi connectivity index (χ0v) is 8.13. The second kappa shape index (κ2) is 2.99. The molecule has 0 heterocycles. The van der Waals surface area contributed by atoms with E-state index in [9.17, 15) is 4.79 Å². The van der Waals surface area contributed by atoms with Gasteiger partial charge in [-0.1, -0.05) is 25.1 Å². The molecule has 1 atom stereocenters. The molecular formula is C12H14O. The van der Waals surface area contributed by atoms with Crippen molar-refractivity contribution >= 4 is 5.78 Å². The normalized spacial score (nSPS) is 21.4. The van der Waals surface area contributed by atoms with Crippen LogP contribution in [0.2, 0.25) is 0 Å². The smallest absolute Gasteiger partial charge is 0.166 e. The summed E-state index contributed by atoms with van der Waals surface area (Å²) in [6, 6.07) is 6.14. The van der Waals surface area contributed by atoms with Gasteiger partial charge in [-0.3, -0.25) is 4.79 Å². The number of hydrogen-bond donors (Lipinski definition) is 0. The van der Waals surface area contributed by atoms with Crippen molar-refractivity contribution in [3.8, 4) is 0 Å². The largest absolute Gasteiger partial charge is 0.294 e. The van der Waals surface area contributed by atoms with Gasteiger partial charge in [0.15, 0.2) is 5.78 Å². The summed E-state index contributed by atoms with van der Waals surface area (Å²) >= 11 is 0. The van der Waals surface area contributed by atoms with Crippen molar-refractivity contribution in [2.24, 2.45) is 5.92 Å². The summed E-state index contributed by atoms with van der Waals surface area (Å²) in [6.45, 7) is 4.05. The molecule has 0 bridgehead atoms. The number of rotatable bonds is 0. The Balaban J connectivity index is 2.57. The molecule has 0 fully saturated rings. The second-order valence-electron chi connectivity index (χ2n) is 3.91. The highest BCUT2D eigenvalue weighted by Crippen LogP contribution is 2.27. The molecule has 1 heteroatoms. The Hall–Kier alpha value is -1.11. The summed E-state index contributed by atoms with van der Waals surface area (Å²) < 4.78 is 0. The molecule has 0 amide bonds. The number of fused-ring (bicyclic) bond motifs is 1. The fourth-order valence-corrected chi connectivity index (χ4v) is 2.04. The van der Waals surface area contributed by atoms with E-state index in [1.54, 1.807) is 0 Å². The lowest BCUT2D eigenvalue weighted by molar-refractivity contribution is 0.0913. The van der Waals surface area contributed by atoms with E-state index in [1.807, 2.05) is 26.0 Å². The molecule has 0 aromatic heterocycles. The summed E-state index contributed by atoms with van der Waals surface area (Å²) in [5.41, 5.74) is 3.36. The van der Waals surface area contributed by atoms with Crippen molar-refractivity contribution in [3.05, 3.63) is 34.9 Å². The summed E-state index contributed by atoms with van der Waals surface area (Å²) in [4.78, 5) is 11.8. The molecule has 0 spiro atoms. The van der Waals surface area contributed by atoms with E-state index in [1.165, 1.54) is 5.56 Å². The zero-order chi connectivity index (χ0) is 9.42. The summed E-state index contributed by atoms with van der Waals surface area (Å²) in [7, 11) is 0. The monoisotopic (exact) mass is 174 g/mol. The van der Waals surface area contributed by atoms with Crippen LogP contribution in [-0.4, -0.2) is 5.78 Å². The van der Waals surface area contributed by atoms with E-state index in [0.29, 0.717) is 5.78 Å². The summed E-state index contributed by atoms with van der Waals surface area (Å²) in [5.74, 6) is 0.549. The first-order valence-corrected chi connectivity index (χ1v) is 4.83. The molecule has 1 aromatic rings. The molecule has 0 saturated carbocycles. The van der Waals surface area contributed by atoms with Gasteiger partial charge in [0, 0.05) is 11.5 Å². The van der Waals surface area contributed by atoms with Crippen molar-refractivity contribution < 1.29 is 4.79 Å². The average molecular weight is 174 g/mol. The second-order valence-corrected chi connectivity index (χ2v) is 3.91. The van der Waals surface area contributed by atoms with Gasteiger partial charge >= 0.3 is 0 Å².